The largest absolute Gasteiger partial charge is 0.385 e. The second-order valence-electron chi connectivity index (χ2n) is 4.16. The minimum Gasteiger partial charge on any atom is -0.385 e. The van der Waals surface area contributed by atoms with Crippen molar-refractivity contribution < 1.29 is 17.9 Å². The van der Waals surface area contributed by atoms with Crippen LogP contribution in [0.5, 0.6) is 0 Å². The number of sulfone groups is 1. The van der Waals surface area contributed by atoms with Gasteiger partial charge in [0.1, 0.15) is 15.7 Å². The van der Waals surface area contributed by atoms with Gasteiger partial charge in [-0.2, -0.15) is 0 Å². The Morgan fingerprint density at radius 1 is 1.44 bits per heavy atom. The van der Waals surface area contributed by atoms with E-state index in [2.05, 4.69) is 0 Å². The van der Waals surface area contributed by atoms with Gasteiger partial charge in [0, 0.05) is 6.26 Å². The van der Waals surface area contributed by atoms with E-state index in [-0.39, 0.29) is 12.2 Å². The molecule has 0 amide bonds. The average molecular weight is 246 g/mol. The molecular weight excluding hydrogens is 231 g/mol. The van der Waals surface area contributed by atoms with Gasteiger partial charge in [-0.1, -0.05) is 12.1 Å². The Morgan fingerprint density at radius 2 is 2.06 bits per heavy atom. The summed E-state index contributed by atoms with van der Waals surface area (Å²) in [6, 6.07) is 5.55. The molecule has 0 saturated heterocycles. The van der Waals surface area contributed by atoms with E-state index < -0.39 is 21.3 Å². The lowest BCUT2D eigenvalue weighted by Crippen LogP contribution is -2.24. The van der Waals surface area contributed by atoms with E-state index in [1.165, 1.54) is 25.1 Å². The van der Waals surface area contributed by atoms with E-state index in [1.807, 2.05) is 0 Å². The Labute approximate surface area is 94.8 Å². The van der Waals surface area contributed by atoms with Crippen LogP contribution in [0, 0.1) is 5.82 Å². The maximum Gasteiger partial charge on any atom is 0.147 e. The van der Waals surface area contributed by atoms with Crippen molar-refractivity contribution in [3.05, 3.63) is 35.6 Å². The topological polar surface area (TPSA) is 54.4 Å². The molecule has 0 radical (unpaired) electrons. The summed E-state index contributed by atoms with van der Waals surface area (Å²) >= 11 is 0. The number of hydrogen-bond acceptors (Lipinski definition) is 3. The van der Waals surface area contributed by atoms with Crippen molar-refractivity contribution in [2.75, 3.05) is 12.0 Å². The molecule has 0 aliphatic heterocycles. The number of halogens is 1. The summed E-state index contributed by atoms with van der Waals surface area (Å²) in [5, 5.41) is 10.0. The maximum atomic E-state index is 12.9. The Bertz CT molecular complexity index is 466. The van der Waals surface area contributed by atoms with Crippen LogP contribution < -0.4 is 0 Å². The highest BCUT2D eigenvalue weighted by Gasteiger charge is 2.24. The third-order valence-corrected chi connectivity index (χ3v) is 3.35. The van der Waals surface area contributed by atoms with Crippen LogP contribution in [0.15, 0.2) is 24.3 Å². The second kappa shape index (κ2) is 4.51. The van der Waals surface area contributed by atoms with Gasteiger partial charge < -0.3 is 5.11 Å². The summed E-state index contributed by atoms with van der Waals surface area (Å²) in [4.78, 5) is 0. The molecule has 90 valence electrons. The molecule has 0 fully saturated rings. The zero-order valence-electron chi connectivity index (χ0n) is 9.27. The molecule has 1 N–H and O–H groups in total. The van der Waals surface area contributed by atoms with E-state index in [1.54, 1.807) is 6.07 Å². The highest BCUT2D eigenvalue weighted by Crippen LogP contribution is 2.25. The second-order valence-corrected chi connectivity index (χ2v) is 6.42. The first-order valence-corrected chi connectivity index (χ1v) is 6.93. The molecule has 3 nitrogen and oxygen atoms in total. The predicted molar refractivity (Wildman–Crippen MR) is 60.3 cm³/mol. The highest BCUT2D eigenvalue weighted by atomic mass is 32.2. The molecule has 16 heavy (non-hydrogen) atoms. The molecule has 1 aromatic rings. The first-order chi connectivity index (χ1) is 7.21. The third kappa shape index (κ3) is 3.90. The Hall–Kier alpha value is -0.940. The van der Waals surface area contributed by atoms with Crippen LogP contribution in [0.2, 0.25) is 0 Å². The minimum atomic E-state index is -3.13. The zero-order chi connectivity index (χ0) is 12.4. The lowest BCUT2D eigenvalue weighted by molar-refractivity contribution is 0.0536. The Kier molecular flexibility index (Phi) is 3.70. The zero-order valence-corrected chi connectivity index (χ0v) is 10.1. The van der Waals surface area contributed by atoms with Crippen LogP contribution in [-0.2, 0) is 15.4 Å². The SMILES string of the molecule is CC(O)(CCS(C)(=O)=O)c1cccc(F)c1. The van der Waals surface area contributed by atoms with Crippen molar-refractivity contribution in [3.8, 4) is 0 Å². The van der Waals surface area contributed by atoms with E-state index in [4.69, 9.17) is 0 Å². The highest BCUT2D eigenvalue weighted by molar-refractivity contribution is 7.90. The fourth-order valence-corrected chi connectivity index (χ4v) is 2.12. The van der Waals surface area contributed by atoms with Gasteiger partial charge >= 0.3 is 0 Å². The molecule has 1 unspecified atom stereocenters. The molecule has 0 aliphatic rings. The van der Waals surface area contributed by atoms with Gasteiger partial charge in [-0.25, -0.2) is 12.8 Å². The molecule has 5 heteroatoms. The minimum absolute atomic E-state index is 0.0509. The average Bonchev–Trinajstić information content (AvgIpc) is 2.14. The standard InChI is InChI=1S/C11H15FO3S/c1-11(13,6-7-16(2,14)15)9-4-3-5-10(12)8-9/h3-5,8,13H,6-7H2,1-2H3. The summed E-state index contributed by atoms with van der Waals surface area (Å²) in [6.45, 7) is 1.48. The van der Waals surface area contributed by atoms with Gasteiger partial charge in [0.05, 0.1) is 11.4 Å². The van der Waals surface area contributed by atoms with E-state index in [0.717, 1.165) is 6.26 Å². The van der Waals surface area contributed by atoms with Crippen molar-refractivity contribution in [2.45, 2.75) is 18.9 Å². The van der Waals surface area contributed by atoms with Gasteiger partial charge in [-0.15, -0.1) is 0 Å². The fourth-order valence-electron chi connectivity index (χ4n) is 1.35. The van der Waals surface area contributed by atoms with Crippen molar-refractivity contribution in [3.63, 3.8) is 0 Å². The smallest absolute Gasteiger partial charge is 0.147 e. The van der Waals surface area contributed by atoms with E-state index in [0.29, 0.717) is 5.56 Å². The maximum absolute atomic E-state index is 12.9. The molecule has 0 aliphatic carbocycles. The van der Waals surface area contributed by atoms with Crippen molar-refractivity contribution >= 4 is 9.84 Å². The van der Waals surface area contributed by atoms with Crippen LogP contribution in [0.1, 0.15) is 18.9 Å². The van der Waals surface area contributed by atoms with Crippen LogP contribution >= 0.6 is 0 Å². The molecule has 0 heterocycles. The van der Waals surface area contributed by atoms with Crippen molar-refractivity contribution in [2.24, 2.45) is 0 Å². The van der Waals surface area contributed by atoms with Crippen LogP contribution in [0.4, 0.5) is 4.39 Å². The van der Waals surface area contributed by atoms with Crippen LogP contribution in [0.3, 0.4) is 0 Å². The number of hydrogen-bond donors (Lipinski definition) is 1. The molecule has 0 aromatic heterocycles. The van der Waals surface area contributed by atoms with Crippen molar-refractivity contribution in [1.29, 1.82) is 0 Å². The fraction of sp³-hybridized carbons (Fsp3) is 0.455. The van der Waals surface area contributed by atoms with Gasteiger partial charge in [-0.3, -0.25) is 0 Å². The lowest BCUT2D eigenvalue weighted by atomic mass is 9.93. The number of aliphatic hydroxyl groups is 1. The normalized spacial score (nSPS) is 15.8. The van der Waals surface area contributed by atoms with Crippen LogP contribution in [0.25, 0.3) is 0 Å². The van der Waals surface area contributed by atoms with Gasteiger partial charge in [0.2, 0.25) is 0 Å². The summed E-state index contributed by atoms with van der Waals surface area (Å²) in [6.07, 6.45) is 1.16. The summed E-state index contributed by atoms with van der Waals surface area (Å²) < 4.78 is 34.9. The molecule has 1 aromatic carbocycles. The van der Waals surface area contributed by atoms with Gasteiger partial charge in [-0.05, 0) is 31.0 Å². The van der Waals surface area contributed by atoms with E-state index in [9.17, 15) is 17.9 Å². The molecule has 0 bridgehead atoms. The molecule has 1 rings (SSSR count). The number of benzene rings is 1. The molecule has 0 spiro atoms. The summed E-state index contributed by atoms with van der Waals surface area (Å²) in [5.74, 6) is -0.576. The predicted octanol–water partition coefficient (Wildman–Crippen LogP) is 1.47. The van der Waals surface area contributed by atoms with Gasteiger partial charge in [0.25, 0.3) is 0 Å². The van der Waals surface area contributed by atoms with E-state index >= 15 is 0 Å². The lowest BCUT2D eigenvalue weighted by Gasteiger charge is -2.23. The summed E-state index contributed by atoms with van der Waals surface area (Å²) in [5.41, 5.74) is -0.943. The first-order valence-electron chi connectivity index (χ1n) is 4.87. The Balaban J connectivity index is 2.85. The monoisotopic (exact) mass is 246 g/mol. The van der Waals surface area contributed by atoms with Gasteiger partial charge in [0.15, 0.2) is 0 Å². The summed E-state index contributed by atoms with van der Waals surface area (Å²) in [7, 11) is -3.13. The number of rotatable bonds is 4. The third-order valence-electron chi connectivity index (χ3n) is 2.41. The van der Waals surface area contributed by atoms with Crippen molar-refractivity contribution in [1.82, 2.24) is 0 Å². The molecule has 0 saturated carbocycles. The molecule has 1 atom stereocenters. The van der Waals surface area contributed by atoms with Crippen LogP contribution in [-0.4, -0.2) is 25.5 Å². The molecular formula is C11H15FO3S. The quantitative estimate of drug-likeness (QED) is 0.875. The Morgan fingerprint density at radius 3 is 2.56 bits per heavy atom. The first kappa shape index (κ1) is 13.1.